The maximum atomic E-state index is 12.4. The number of aryl methyl sites for hydroxylation is 1. The van der Waals surface area contributed by atoms with Gasteiger partial charge in [0.25, 0.3) is 5.91 Å². The Bertz CT molecular complexity index is 1020. The molecule has 0 bridgehead atoms. The third kappa shape index (κ3) is 3.17. The summed E-state index contributed by atoms with van der Waals surface area (Å²) in [6, 6.07) is 12.9. The highest BCUT2D eigenvalue weighted by atomic mass is 32.1. The fraction of sp³-hybridized carbons (Fsp3) is 0.0625. The van der Waals surface area contributed by atoms with Gasteiger partial charge in [0, 0.05) is 11.3 Å². The molecular weight excluding hydrogens is 338 g/mol. The second-order valence-corrected chi connectivity index (χ2v) is 6.23. The van der Waals surface area contributed by atoms with E-state index in [1.165, 1.54) is 4.80 Å². The lowest BCUT2D eigenvalue weighted by Crippen LogP contribution is -2.12. The maximum Gasteiger partial charge on any atom is 0.276 e. The second-order valence-electron chi connectivity index (χ2n) is 5.28. The van der Waals surface area contributed by atoms with Gasteiger partial charge in [0.1, 0.15) is 0 Å². The smallest absolute Gasteiger partial charge is 0.276 e. The van der Waals surface area contributed by atoms with Gasteiger partial charge in [0.15, 0.2) is 5.69 Å². The van der Waals surface area contributed by atoms with Crippen molar-refractivity contribution in [2.75, 3.05) is 5.32 Å². The Hall–Kier alpha value is -3.33. The van der Waals surface area contributed by atoms with Crippen LogP contribution in [-0.2, 0) is 7.05 Å². The Morgan fingerprint density at radius 3 is 2.92 bits per heavy atom. The van der Waals surface area contributed by atoms with E-state index in [0.29, 0.717) is 17.2 Å². The molecular formula is C16H13N7OS. The lowest BCUT2D eigenvalue weighted by molar-refractivity contribution is 0.102. The number of hydrogen-bond acceptors (Lipinski definition) is 6. The molecule has 2 N–H and O–H groups in total. The molecule has 0 atom stereocenters. The fourth-order valence-corrected chi connectivity index (χ4v) is 3.02. The molecule has 0 aliphatic rings. The molecule has 0 fully saturated rings. The highest BCUT2D eigenvalue weighted by molar-refractivity contribution is 7.13. The number of hydrogen-bond donors (Lipinski definition) is 2. The number of thiophene rings is 1. The number of nitrogens with one attached hydrogen (secondary N) is 2. The van der Waals surface area contributed by atoms with E-state index in [0.717, 1.165) is 16.1 Å². The summed E-state index contributed by atoms with van der Waals surface area (Å²) >= 11 is 1.58. The fourth-order valence-electron chi connectivity index (χ4n) is 2.33. The number of carbonyl (C=O) groups excluding carboxylic acids is 1. The summed E-state index contributed by atoms with van der Waals surface area (Å²) in [6.07, 6.45) is 0. The van der Waals surface area contributed by atoms with Gasteiger partial charge in [-0.15, -0.1) is 21.5 Å². The van der Waals surface area contributed by atoms with E-state index in [-0.39, 0.29) is 5.91 Å². The molecule has 3 aromatic heterocycles. The van der Waals surface area contributed by atoms with Crippen LogP contribution in [0.15, 0.2) is 47.8 Å². The average Bonchev–Trinajstić information content (AvgIpc) is 3.36. The van der Waals surface area contributed by atoms with E-state index in [9.17, 15) is 4.79 Å². The summed E-state index contributed by atoms with van der Waals surface area (Å²) in [4.78, 5) is 14.8. The summed E-state index contributed by atoms with van der Waals surface area (Å²) < 4.78 is 0. The summed E-state index contributed by atoms with van der Waals surface area (Å²) in [5.41, 5.74) is 2.55. The van der Waals surface area contributed by atoms with Gasteiger partial charge in [0.05, 0.1) is 17.6 Å². The van der Waals surface area contributed by atoms with Crippen molar-refractivity contribution >= 4 is 22.9 Å². The van der Waals surface area contributed by atoms with E-state index in [1.54, 1.807) is 36.6 Å². The summed E-state index contributed by atoms with van der Waals surface area (Å²) in [5.74, 6) is 0.210. The maximum absolute atomic E-state index is 12.4. The summed E-state index contributed by atoms with van der Waals surface area (Å²) in [6.45, 7) is 0. The molecule has 4 aromatic rings. The number of aromatic nitrogens is 6. The van der Waals surface area contributed by atoms with Crippen molar-refractivity contribution in [3.05, 3.63) is 53.5 Å². The number of tetrazole rings is 1. The minimum atomic E-state index is -0.289. The molecule has 0 saturated heterocycles. The number of nitrogens with zero attached hydrogens (tertiary/aromatic N) is 5. The topological polar surface area (TPSA) is 101 Å². The van der Waals surface area contributed by atoms with Gasteiger partial charge < -0.3 is 5.32 Å². The van der Waals surface area contributed by atoms with Gasteiger partial charge in [0.2, 0.25) is 5.82 Å². The molecule has 25 heavy (non-hydrogen) atoms. The van der Waals surface area contributed by atoms with E-state index >= 15 is 0 Å². The first-order valence-corrected chi connectivity index (χ1v) is 8.32. The molecule has 1 aromatic carbocycles. The number of H-pyrrole nitrogens is 1. The lowest BCUT2D eigenvalue weighted by Gasteiger charge is -2.04. The number of anilines is 1. The minimum absolute atomic E-state index is 0.289. The van der Waals surface area contributed by atoms with Crippen LogP contribution >= 0.6 is 11.3 Å². The van der Waals surface area contributed by atoms with E-state index < -0.39 is 0 Å². The van der Waals surface area contributed by atoms with Crippen molar-refractivity contribution in [2.24, 2.45) is 7.05 Å². The quantitative estimate of drug-likeness (QED) is 0.588. The number of carbonyl (C=O) groups is 1. The van der Waals surface area contributed by atoms with Gasteiger partial charge in [-0.05, 0) is 34.9 Å². The van der Waals surface area contributed by atoms with Gasteiger partial charge in [-0.2, -0.15) is 9.90 Å². The van der Waals surface area contributed by atoms with Gasteiger partial charge in [-0.1, -0.05) is 18.2 Å². The Morgan fingerprint density at radius 2 is 2.16 bits per heavy atom. The molecule has 1 amide bonds. The first-order valence-electron chi connectivity index (χ1n) is 7.44. The Morgan fingerprint density at radius 1 is 1.24 bits per heavy atom. The molecule has 0 radical (unpaired) electrons. The number of benzene rings is 1. The monoisotopic (exact) mass is 351 g/mol. The van der Waals surface area contributed by atoms with Gasteiger partial charge >= 0.3 is 0 Å². The molecule has 124 valence electrons. The third-order valence-electron chi connectivity index (χ3n) is 3.48. The van der Waals surface area contributed by atoms with E-state index in [1.807, 2.05) is 29.6 Å². The minimum Gasteiger partial charge on any atom is -0.321 e. The van der Waals surface area contributed by atoms with Gasteiger partial charge in [-0.3, -0.25) is 9.89 Å². The normalized spacial score (nSPS) is 10.8. The predicted molar refractivity (Wildman–Crippen MR) is 94.1 cm³/mol. The van der Waals surface area contributed by atoms with Crippen molar-refractivity contribution < 1.29 is 4.79 Å². The summed E-state index contributed by atoms with van der Waals surface area (Å²) in [5, 5.41) is 23.7. The third-order valence-corrected chi connectivity index (χ3v) is 4.39. The van der Waals surface area contributed by atoms with Crippen LogP contribution in [0.2, 0.25) is 0 Å². The molecule has 9 heteroatoms. The van der Waals surface area contributed by atoms with Crippen molar-refractivity contribution in [1.29, 1.82) is 0 Å². The standard InChI is InChI=1S/C16H13N7OS/c1-23-21-15(20-22-23)10-4-2-5-11(8-10)17-16(24)13-9-12(18-19-13)14-6-3-7-25-14/h2-9H,1H3,(H,17,24)(H,18,19). The van der Waals surface area contributed by atoms with Crippen molar-refractivity contribution in [2.45, 2.75) is 0 Å². The van der Waals surface area contributed by atoms with Crippen molar-refractivity contribution in [3.8, 4) is 22.0 Å². The van der Waals surface area contributed by atoms with Crippen LogP contribution in [0.1, 0.15) is 10.5 Å². The molecule has 0 unspecified atom stereocenters. The zero-order valence-corrected chi connectivity index (χ0v) is 14.0. The first-order chi connectivity index (χ1) is 12.2. The number of aromatic amines is 1. The molecule has 0 aliphatic heterocycles. The van der Waals surface area contributed by atoms with Gasteiger partial charge in [-0.25, -0.2) is 0 Å². The van der Waals surface area contributed by atoms with Crippen LogP contribution in [0.25, 0.3) is 22.0 Å². The van der Waals surface area contributed by atoms with Crippen LogP contribution in [0.4, 0.5) is 5.69 Å². The number of rotatable bonds is 4. The van der Waals surface area contributed by atoms with Crippen molar-refractivity contribution in [1.82, 2.24) is 30.4 Å². The molecule has 0 aliphatic carbocycles. The second kappa shape index (κ2) is 6.29. The zero-order valence-electron chi connectivity index (χ0n) is 13.2. The largest absolute Gasteiger partial charge is 0.321 e. The van der Waals surface area contributed by atoms with E-state index in [4.69, 9.17) is 0 Å². The van der Waals surface area contributed by atoms with Crippen LogP contribution < -0.4 is 5.32 Å². The van der Waals surface area contributed by atoms with E-state index in [2.05, 4.69) is 30.9 Å². The van der Waals surface area contributed by atoms with Crippen LogP contribution in [0.3, 0.4) is 0 Å². The summed E-state index contributed by atoms with van der Waals surface area (Å²) in [7, 11) is 1.70. The molecule has 3 heterocycles. The molecule has 0 saturated carbocycles. The van der Waals surface area contributed by atoms with Crippen LogP contribution in [-0.4, -0.2) is 36.3 Å². The predicted octanol–water partition coefficient (Wildman–Crippen LogP) is 2.58. The lowest BCUT2D eigenvalue weighted by atomic mass is 10.2. The number of amides is 1. The molecule has 4 rings (SSSR count). The highest BCUT2D eigenvalue weighted by Gasteiger charge is 2.13. The zero-order chi connectivity index (χ0) is 17.2. The first kappa shape index (κ1) is 15.2. The molecule has 8 nitrogen and oxygen atoms in total. The highest BCUT2D eigenvalue weighted by Crippen LogP contribution is 2.23. The SMILES string of the molecule is Cn1nnc(-c2cccc(NC(=O)c3cc(-c4cccs4)[nH]n3)c2)n1. The Kier molecular flexibility index (Phi) is 3.82. The Balaban J connectivity index is 1.53. The molecule has 0 spiro atoms. The van der Waals surface area contributed by atoms with Crippen LogP contribution in [0, 0.1) is 0 Å². The average molecular weight is 351 g/mol. The van der Waals surface area contributed by atoms with Crippen LogP contribution in [0.5, 0.6) is 0 Å². The van der Waals surface area contributed by atoms with Crippen molar-refractivity contribution in [3.63, 3.8) is 0 Å². The Labute approximate surface area is 146 Å².